The molecule has 0 saturated heterocycles. The first kappa shape index (κ1) is 95.9. The number of ether oxygens (including phenoxy) is 3. The Morgan fingerprint density at radius 2 is 0.495 bits per heavy atom. The van der Waals surface area contributed by atoms with Crippen molar-refractivity contribution in [2.75, 3.05) is 39.6 Å². The molecule has 18 heteroatoms. The number of esters is 3. The Balaban J connectivity index is 4.65. The molecule has 0 amide bonds. The largest absolute Gasteiger partial charge is 0.472 e. The summed E-state index contributed by atoms with van der Waals surface area (Å²) in [7, 11) is -9.82. The van der Waals surface area contributed by atoms with Crippen LogP contribution in [-0.2, 0) is 55.8 Å². The zero-order valence-corrected chi connectivity index (χ0v) is 64.3. The van der Waals surface area contributed by atoms with Gasteiger partial charge in [-0.3, -0.25) is 32.5 Å². The van der Waals surface area contributed by atoms with Gasteiger partial charge in [0.05, 0.1) is 26.4 Å². The number of rotatable bonds is 71. The van der Waals surface area contributed by atoms with E-state index in [9.17, 15) is 43.5 Å². The summed E-state index contributed by atoms with van der Waals surface area (Å²) in [5.74, 6) is -1.64. The molecular formula is C83H136O16P2. The molecule has 0 aromatic carbocycles. The smallest absolute Gasteiger partial charge is 0.463 e. The fraction of sp³-hybridized carbons (Fsp3) is 0.627. The third-order valence-corrected chi connectivity index (χ3v) is 17.3. The van der Waals surface area contributed by atoms with Gasteiger partial charge in [-0.15, -0.1) is 0 Å². The maximum atomic E-state index is 13.0. The lowest BCUT2D eigenvalue weighted by Crippen LogP contribution is -2.30. The van der Waals surface area contributed by atoms with E-state index in [0.717, 1.165) is 180 Å². The molecule has 0 saturated carbocycles. The van der Waals surface area contributed by atoms with Gasteiger partial charge in [-0.2, -0.15) is 0 Å². The highest BCUT2D eigenvalue weighted by Crippen LogP contribution is 2.45. The zero-order chi connectivity index (χ0) is 73.7. The topological polar surface area (TPSA) is 231 Å². The van der Waals surface area contributed by atoms with Gasteiger partial charge in [0, 0.05) is 19.3 Å². The Kier molecular flexibility index (Phi) is 70.9. The molecule has 0 spiro atoms. The molecule has 0 heterocycles. The lowest BCUT2D eigenvalue weighted by atomic mass is 10.0. The van der Waals surface area contributed by atoms with E-state index in [1.165, 1.54) is 38.5 Å². The lowest BCUT2D eigenvalue weighted by molar-refractivity contribution is -0.161. The molecule has 5 unspecified atom stereocenters. The summed E-state index contributed by atoms with van der Waals surface area (Å²) in [6.07, 6.45) is 93.9. The highest BCUT2D eigenvalue weighted by atomic mass is 31.2. The molecule has 574 valence electrons. The molecule has 0 bridgehead atoms. The average molecular weight is 1450 g/mol. The molecule has 0 fully saturated rings. The fourth-order valence-electron chi connectivity index (χ4n) is 9.67. The number of hydrogen-bond donors (Lipinski definition) is 4. The Hall–Kier alpha value is -5.09. The van der Waals surface area contributed by atoms with Crippen molar-refractivity contribution >= 4 is 33.6 Å². The predicted octanol–water partition coefficient (Wildman–Crippen LogP) is 22.4. The summed E-state index contributed by atoms with van der Waals surface area (Å²) >= 11 is 0. The molecule has 101 heavy (non-hydrogen) atoms. The summed E-state index contributed by atoms with van der Waals surface area (Å²) in [5.41, 5.74) is 0. The predicted molar refractivity (Wildman–Crippen MR) is 417 cm³/mol. The van der Waals surface area contributed by atoms with Crippen molar-refractivity contribution < 1.29 is 75.8 Å². The first-order valence-corrected chi connectivity index (χ1v) is 41.4. The van der Waals surface area contributed by atoms with Gasteiger partial charge in [0.15, 0.2) is 6.10 Å². The highest BCUT2D eigenvalue weighted by Gasteiger charge is 2.29. The van der Waals surface area contributed by atoms with E-state index >= 15 is 0 Å². The SMILES string of the molecule is CC/C=C\C/C=C\C/C=C\C/C=C\C/C=C\CCCCCCCCCCCCCC(=O)OCC(O)COP(=O)(O)OCC(O)COP(=O)(O)OCC(COC(=O)CCCCCCC/C=C\C/C=C\C/C=C\C/C=C\C/C=C\CC)OC(=O)CCCCCC/C=C\C/C=C\C/C=C\C/C=C\CC. The number of allylic oxidation sites excluding steroid dienone is 28. The minimum Gasteiger partial charge on any atom is -0.463 e. The fourth-order valence-corrected chi connectivity index (χ4v) is 11.3. The van der Waals surface area contributed by atoms with Gasteiger partial charge in [0.25, 0.3) is 0 Å². The second kappa shape index (κ2) is 74.6. The van der Waals surface area contributed by atoms with E-state index in [1.54, 1.807) is 0 Å². The van der Waals surface area contributed by atoms with Gasteiger partial charge >= 0.3 is 33.6 Å². The van der Waals surface area contributed by atoms with Crippen LogP contribution in [-0.4, -0.2) is 95.9 Å². The molecular weight excluding hydrogens is 1310 g/mol. The molecule has 5 atom stereocenters. The maximum absolute atomic E-state index is 13.0. The van der Waals surface area contributed by atoms with Gasteiger partial charge < -0.3 is 34.2 Å². The first-order chi connectivity index (χ1) is 49.2. The zero-order valence-electron chi connectivity index (χ0n) is 62.5. The Bertz CT molecular complexity index is 2520. The molecule has 0 aromatic heterocycles. The summed E-state index contributed by atoms with van der Waals surface area (Å²) in [6, 6.07) is 0. The Morgan fingerprint density at radius 1 is 0.277 bits per heavy atom. The molecule has 0 rings (SSSR count). The molecule has 0 aliphatic rings. The van der Waals surface area contributed by atoms with Crippen molar-refractivity contribution in [1.29, 1.82) is 0 Å². The van der Waals surface area contributed by atoms with Crippen molar-refractivity contribution in [2.45, 2.75) is 296 Å². The number of unbranched alkanes of at least 4 members (excludes halogenated alkanes) is 20. The van der Waals surface area contributed by atoms with E-state index in [-0.39, 0.29) is 19.3 Å². The molecule has 0 aromatic rings. The van der Waals surface area contributed by atoms with Crippen molar-refractivity contribution in [3.05, 3.63) is 170 Å². The van der Waals surface area contributed by atoms with Gasteiger partial charge in [-0.1, -0.05) is 281 Å². The maximum Gasteiger partial charge on any atom is 0.472 e. The van der Waals surface area contributed by atoms with E-state index in [0.29, 0.717) is 19.3 Å². The normalized spacial score (nSPS) is 15.0. The summed E-state index contributed by atoms with van der Waals surface area (Å²) in [5, 5.41) is 20.6. The molecule has 4 N–H and O–H groups in total. The first-order valence-electron chi connectivity index (χ1n) is 38.4. The Labute approximate surface area is 612 Å². The number of carbonyl (C=O) groups is 3. The van der Waals surface area contributed by atoms with Crippen LogP contribution in [0.25, 0.3) is 0 Å². The minimum absolute atomic E-state index is 0.0657. The number of aliphatic hydroxyl groups is 2. The average Bonchev–Trinajstić information content (AvgIpc) is 0.974. The van der Waals surface area contributed by atoms with Crippen LogP contribution in [0.4, 0.5) is 0 Å². The number of carbonyl (C=O) groups excluding carboxylic acids is 3. The van der Waals surface area contributed by atoms with E-state index < -0.39 is 91.5 Å². The van der Waals surface area contributed by atoms with Gasteiger partial charge in [0.2, 0.25) is 0 Å². The second-order valence-corrected chi connectivity index (χ2v) is 27.9. The van der Waals surface area contributed by atoms with Crippen molar-refractivity contribution in [3.63, 3.8) is 0 Å². The highest BCUT2D eigenvalue weighted by molar-refractivity contribution is 7.47. The van der Waals surface area contributed by atoms with Crippen LogP contribution < -0.4 is 0 Å². The van der Waals surface area contributed by atoms with E-state index in [1.807, 2.05) is 0 Å². The Morgan fingerprint density at radius 3 is 0.782 bits per heavy atom. The number of hydrogen-bond acceptors (Lipinski definition) is 14. The summed E-state index contributed by atoms with van der Waals surface area (Å²) in [6.45, 7) is 2.27. The van der Waals surface area contributed by atoms with Crippen molar-refractivity contribution in [2.24, 2.45) is 0 Å². The van der Waals surface area contributed by atoms with Crippen LogP contribution in [0.15, 0.2) is 170 Å². The van der Waals surface area contributed by atoms with Crippen molar-refractivity contribution in [3.8, 4) is 0 Å². The molecule has 0 aliphatic carbocycles. The van der Waals surface area contributed by atoms with E-state index in [4.69, 9.17) is 32.3 Å². The molecule has 16 nitrogen and oxygen atoms in total. The molecule has 0 aliphatic heterocycles. The third kappa shape index (κ3) is 75.9. The van der Waals surface area contributed by atoms with Crippen LogP contribution in [0.3, 0.4) is 0 Å². The monoisotopic (exact) mass is 1450 g/mol. The molecule has 0 radical (unpaired) electrons. The number of phosphoric ester groups is 2. The lowest BCUT2D eigenvalue weighted by Gasteiger charge is -2.21. The van der Waals surface area contributed by atoms with Gasteiger partial charge in [0.1, 0.15) is 25.4 Å². The van der Waals surface area contributed by atoms with Gasteiger partial charge in [-0.05, 0) is 148 Å². The standard InChI is InChI=1S/C83H136O16P2/c1-4-7-10-13-16-19-22-25-28-31-33-35-36-37-38-39-40-42-44-46-48-51-54-57-60-63-66-69-81(86)93-72-78(84)73-95-100(89,90)96-74-79(85)75-97-101(91,92)98-77-80(99-83(88)71-68-65-62-59-56-53-50-45-30-27-24-21-18-15-12-9-6-3)76-94-82(87)70-67-64-61-58-55-52-49-47-43-41-34-32-29-26-23-20-17-14-11-8-5-2/h7-12,16-21,25-30,33-35,37-38,41,47,49-50,53,78-80,84-85H,4-6,13-15,22-24,31-32,36,39-40,42-46,48,51-52,54-77H2,1-3H3,(H,89,90)(H,91,92)/b10-7-,11-8-,12-9-,19-16-,20-17-,21-18-,28-25-,29-26-,30-27-,35-33-,38-37-,41-34-,49-47-,53-50-. The quantitative estimate of drug-likeness (QED) is 0.0146. The second-order valence-electron chi connectivity index (χ2n) is 25.0. The summed E-state index contributed by atoms with van der Waals surface area (Å²) < 4.78 is 61.1. The van der Waals surface area contributed by atoms with Crippen LogP contribution in [0, 0.1) is 0 Å². The van der Waals surface area contributed by atoms with Crippen LogP contribution >= 0.6 is 15.6 Å². The number of phosphoric acid groups is 2. The van der Waals surface area contributed by atoms with Crippen LogP contribution in [0.5, 0.6) is 0 Å². The number of aliphatic hydroxyl groups excluding tert-OH is 2. The van der Waals surface area contributed by atoms with Crippen molar-refractivity contribution in [1.82, 2.24) is 0 Å². The third-order valence-electron chi connectivity index (χ3n) is 15.4. The van der Waals surface area contributed by atoms with E-state index in [2.05, 4.69) is 191 Å². The minimum atomic E-state index is -4.95. The van der Waals surface area contributed by atoms with Gasteiger partial charge in [-0.25, -0.2) is 9.13 Å². The van der Waals surface area contributed by atoms with Crippen LogP contribution in [0.1, 0.15) is 278 Å². The van der Waals surface area contributed by atoms with Crippen LogP contribution in [0.2, 0.25) is 0 Å². The summed E-state index contributed by atoms with van der Waals surface area (Å²) in [4.78, 5) is 58.6.